The number of aryl methyl sites for hydroxylation is 1. The fraction of sp³-hybridized carbons (Fsp3) is 0.476. The molecule has 0 spiro atoms. The van der Waals surface area contributed by atoms with Gasteiger partial charge in [-0.25, -0.2) is 4.98 Å². The Balaban J connectivity index is 1.57. The highest BCUT2D eigenvalue weighted by atomic mass is 16.5. The second kappa shape index (κ2) is 9.95. The van der Waals surface area contributed by atoms with Crippen LogP contribution in [0.4, 0.5) is 5.82 Å². The molecule has 1 aromatic carbocycles. The van der Waals surface area contributed by atoms with Crippen LogP contribution in [-0.4, -0.2) is 56.3 Å². The molecule has 1 aliphatic heterocycles. The van der Waals surface area contributed by atoms with E-state index in [-0.39, 0.29) is 5.91 Å². The molecule has 1 N–H and O–H groups in total. The second-order valence-electron chi connectivity index (χ2n) is 6.80. The van der Waals surface area contributed by atoms with Crippen molar-refractivity contribution >= 4 is 11.7 Å². The first-order valence-electron chi connectivity index (χ1n) is 9.85. The number of benzene rings is 1. The maximum absolute atomic E-state index is 12.6. The van der Waals surface area contributed by atoms with E-state index in [0.717, 1.165) is 18.9 Å². The van der Waals surface area contributed by atoms with Crippen LogP contribution >= 0.6 is 0 Å². The van der Waals surface area contributed by atoms with Crippen molar-refractivity contribution < 1.29 is 19.0 Å². The van der Waals surface area contributed by atoms with Crippen LogP contribution in [0.1, 0.15) is 35.4 Å². The van der Waals surface area contributed by atoms with Crippen molar-refractivity contribution in [3.05, 3.63) is 35.7 Å². The fourth-order valence-corrected chi connectivity index (χ4v) is 3.37. The minimum atomic E-state index is -0.282. The van der Waals surface area contributed by atoms with Crippen LogP contribution < -0.4 is 24.4 Å². The summed E-state index contributed by atoms with van der Waals surface area (Å²) >= 11 is 0. The van der Waals surface area contributed by atoms with Gasteiger partial charge in [0.2, 0.25) is 5.88 Å². The predicted molar refractivity (Wildman–Crippen MR) is 110 cm³/mol. The molecule has 8 nitrogen and oxygen atoms in total. The van der Waals surface area contributed by atoms with Crippen molar-refractivity contribution in [1.29, 1.82) is 0 Å². The molecular weight excluding hydrogens is 372 g/mol. The Labute approximate surface area is 171 Å². The lowest BCUT2D eigenvalue weighted by Gasteiger charge is -2.28. The van der Waals surface area contributed by atoms with Gasteiger partial charge in [0.05, 0.1) is 20.8 Å². The fourth-order valence-electron chi connectivity index (χ4n) is 3.37. The highest BCUT2D eigenvalue weighted by Gasteiger charge is 2.18. The van der Waals surface area contributed by atoms with E-state index in [1.165, 1.54) is 33.5 Å². The quantitative estimate of drug-likeness (QED) is 0.682. The molecule has 0 unspecified atom stereocenters. The first-order chi connectivity index (χ1) is 14.1. The van der Waals surface area contributed by atoms with E-state index >= 15 is 0 Å². The van der Waals surface area contributed by atoms with Crippen LogP contribution in [0.25, 0.3) is 0 Å². The third kappa shape index (κ3) is 5.28. The monoisotopic (exact) mass is 400 g/mol. The molecule has 8 heteroatoms. The molecule has 1 fully saturated rings. The Morgan fingerprint density at radius 2 is 1.79 bits per heavy atom. The molecule has 1 amide bonds. The topological polar surface area (TPSA) is 85.8 Å². The van der Waals surface area contributed by atoms with Gasteiger partial charge in [0, 0.05) is 19.2 Å². The molecule has 2 aromatic rings. The van der Waals surface area contributed by atoms with Crippen molar-refractivity contribution in [3.8, 4) is 17.4 Å². The minimum Gasteiger partial charge on any atom is -0.496 e. The Morgan fingerprint density at radius 1 is 1.10 bits per heavy atom. The maximum atomic E-state index is 12.6. The average molecular weight is 400 g/mol. The summed E-state index contributed by atoms with van der Waals surface area (Å²) in [6.07, 6.45) is 3.62. The predicted octanol–water partition coefficient (Wildman–Crippen LogP) is 2.60. The summed E-state index contributed by atoms with van der Waals surface area (Å²) in [6.45, 7) is 4.48. The average Bonchev–Trinajstić information content (AvgIpc) is 2.76. The van der Waals surface area contributed by atoms with Crippen molar-refractivity contribution in [2.75, 3.05) is 45.4 Å². The number of nitrogens with one attached hydrogen (secondary N) is 1. The lowest BCUT2D eigenvalue weighted by Crippen LogP contribution is -2.30. The van der Waals surface area contributed by atoms with Gasteiger partial charge in [0.15, 0.2) is 0 Å². The largest absolute Gasteiger partial charge is 0.496 e. The second-order valence-corrected chi connectivity index (χ2v) is 6.80. The van der Waals surface area contributed by atoms with Crippen molar-refractivity contribution in [2.24, 2.45) is 0 Å². The summed E-state index contributed by atoms with van der Waals surface area (Å²) < 4.78 is 16.3. The van der Waals surface area contributed by atoms with Gasteiger partial charge in [0.1, 0.15) is 35.3 Å². The number of piperidine rings is 1. The van der Waals surface area contributed by atoms with Crippen LogP contribution in [0.2, 0.25) is 0 Å². The van der Waals surface area contributed by atoms with Gasteiger partial charge in [0.25, 0.3) is 5.91 Å². The van der Waals surface area contributed by atoms with Gasteiger partial charge in [-0.15, -0.1) is 0 Å². The number of carbonyl (C=O) groups excluding carboxylic acids is 1. The maximum Gasteiger partial charge on any atom is 0.258 e. The number of hydrogen-bond acceptors (Lipinski definition) is 7. The summed E-state index contributed by atoms with van der Waals surface area (Å²) in [4.78, 5) is 23.7. The van der Waals surface area contributed by atoms with Crippen molar-refractivity contribution in [2.45, 2.75) is 26.2 Å². The van der Waals surface area contributed by atoms with E-state index in [1.807, 2.05) is 13.0 Å². The zero-order chi connectivity index (χ0) is 20.6. The van der Waals surface area contributed by atoms with Crippen LogP contribution in [0.3, 0.4) is 0 Å². The number of anilines is 1. The van der Waals surface area contributed by atoms with Crippen LogP contribution in [-0.2, 0) is 0 Å². The Morgan fingerprint density at radius 3 is 2.45 bits per heavy atom. The van der Waals surface area contributed by atoms with E-state index in [2.05, 4.69) is 20.2 Å². The molecule has 0 bridgehead atoms. The number of ether oxygens (including phenoxy) is 3. The smallest absolute Gasteiger partial charge is 0.258 e. The van der Waals surface area contributed by atoms with Gasteiger partial charge < -0.3 is 24.4 Å². The standard InChI is InChI=1S/C21H28N4O4/c1-15-23-18(25-11-5-4-6-12-25)14-19(24-15)29-13-10-22-21(26)20-16(27-2)8-7-9-17(20)28-3/h7-9,14H,4-6,10-13H2,1-3H3,(H,22,26). The molecule has 1 aromatic heterocycles. The number of methoxy groups -OCH3 is 2. The molecule has 29 heavy (non-hydrogen) atoms. The first-order valence-corrected chi connectivity index (χ1v) is 9.85. The van der Waals surface area contributed by atoms with E-state index in [1.54, 1.807) is 18.2 Å². The molecule has 0 radical (unpaired) electrons. The zero-order valence-corrected chi connectivity index (χ0v) is 17.2. The van der Waals surface area contributed by atoms with Crippen LogP contribution in [0.15, 0.2) is 24.3 Å². The third-order valence-electron chi connectivity index (χ3n) is 4.77. The van der Waals surface area contributed by atoms with E-state index in [4.69, 9.17) is 14.2 Å². The van der Waals surface area contributed by atoms with Gasteiger partial charge in [-0.3, -0.25) is 4.79 Å². The number of rotatable bonds is 8. The molecule has 3 rings (SSSR count). The zero-order valence-electron chi connectivity index (χ0n) is 17.2. The normalized spacial score (nSPS) is 13.7. The molecule has 0 atom stereocenters. The molecule has 0 saturated carbocycles. The molecule has 0 aliphatic carbocycles. The molecule has 1 aliphatic rings. The molecular formula is C21H28N4O4. The Kier molecular flexibility index (Phi) is 7.10. The number of hydrogen-bond donors (Lipinski definition) is 1. The van der Waals surface area contributed by atoms with Crippen molar-refractivity contribution in [3.63, 3.8) is 0 Å². The number of nitrogens with zero attached hydrogens (tertiary/aromatic N) is 3. The third-order valence-corrected chi connectivity index (χ3v) is 4.77. The Hall–Kier alpha value is -3.03. The molecule has 2 heterocycles. The Bertz CT molecular complexity index is 815. The van der Waals surface area contributed by atoms with Gasteiger partial charge in [-0.1, -0.05) is 6.07 Å². The van der Waals surface area contributed by atoms with Gasteiger partial charge in [-0.05, 0) is 38.3 Å². The SMILES string of the molecule is COc1cccc(OC)c1C(=O)NCCOc1cc(N2CCCCC2)nc(C)n1. The number of amides is 1. The highest BCUT2D eigenvalue weighted by Crippen LogP contribution is 2.28. The van der Waals surface area contributed by atoms with Crippen LogP contribution in [0, 0.1) is 6.92 Å². The highest BCUT2D eigenvalue weighted by molar-refractivity contribution is 5.99. The lowest BCUT2D eigenvalue weighted by molar-refractivity contribution is 0.0940. The molecule has 156 valence electrons. The summed E-state index contributed by atoms with van der Waals surface area (Å²) in [5.41, 5.74) is 0.364. The minimum absolute atomic E-state index is 0.282. The summed E-state index contributed by atoms with van der Waals surface area (Å²) in [6, 6.07) is 7.08. The van der Waals surface area contributed by atoms with E-state index in [0.29, 0.717) is 41.9 Å². The van der Waals surface area contributed by atoms with E-state index < -0.39 is 0 Å². The number of carbonyl (C=O) groups is 1. The van der Waals surface area contributed by atoms with Gasteiger partial charge in [-0.2, -0.15) is 4.98 Å². The van der Waals surface area contributed by atoms with Crippen molar-refractivity contribution in [1.82, 2.24) is 15.3 Å². The van der Waals surface area contributed by atoms with Gasteiger partial charge >= 0.3 is 0 Å². The number of aromatic nitrogens is 2. The first kappa shape index (κ1) is 20.7. The summed E-state index contributed by atoms with van der Waals surface area (Å²) in [7, 11) is 3.04. The summed E-state index contributed by atoms with van der Waals surface area (Å²) in [5, 5.41) is 2.83. The molecule has 1 saturated heterocycles. The van der Waals surface area contributed by atoms with Crippen LogP contribution in [0.5, 0.6) is 17.4 Å². The lowest BCUT2D eigenvalue weighted by atomic mass is 10.1. The summed E-state index contributed by atoms with van der Waals surface area (Å²) in [5.74, 6) is 2.72. The van der Waals surface area contributed by atoms with E-state index in [9.17, 15) is 4.79 Å².